The molecular formula is C16H19ClN6O2S. The Morgan fingerprint density at radius 3 is 3.00 bits per heavy atom. The van der Waals surface area contributed by atoms with Crippen LogP contribution in [0.2, 0.25) is 5.02 Å². The van der Waals surface area contributed by atoms with Crippen LogP contribution in [0.1, 0.15) is 6.42 Å². The maximum atomic E-state index is 10.6. The van der Waals surface area contributed by atoms with Crippen molar-refractivity contribution < 1.29 is 9.90 Å². The average molecular weight is 395 g/mol. The van der Waals surface area contributed by atoms with Crippen molar-refractivity contribution in [3.8, 4) is 0 Å². The highest BCUT2D eigenvalue weighted by Gasteiger charge is 2.24. The van der Waals surface area contributed by atoms with Gasteiger partial charge in [-0.3, -0.25) is 0 Å². The Hall–Kier alpha value is -2.39. The zero-order valence-electron chi connectivity index (χ0n) is 13.9. The number of nitrogen functional groups attached to an aromatic ring is 2. The minimum atomic E-state index is -1.01. The van der Waals surface area contributed by atoms with Crippen molar-refractivity contribution >= 4 is 46.8 Å². The molecule has 1 aliphatic rings. The van der Waals surface area contributed by atoms with Gasteiger partial charge in [0.15, 0.2) is 5.82 Å². The number of anilines is 3. The summed E-state index contributed by atoms with van der Waals surface area (Å²) in [5.41, 5.74) is 12.4. The topological polar surface area (TPSA) is 130 Å². The van der Waals surface area contributed by atoms with Crippen LogP contribution in [-0.4, -0.2) is 40.8 Å². The normalized spacial score (nSPS) is 16.7. The Morgan fingerprint density at radius 2 is 2.27 bits per heavy atom. The standard InChI is InChI=1S/C16H19ClN6O2S/c17-13-10(18)2-1-3-11(13)26-15-14(19)22-12(7-20-15)23-5-4-9(8-23)6-21-16(24)25/h1-3,7,9,21H,4-6,8,18H2,(H2,19,22)(H,24,25). The lowest BCUT2D eigenvalue weighted by molar-refractivity contribution is 0.192. The third-order valence-corrected chi connectivity index (χ3v) is 5.70. The molecule has 0 bridgehead atoms. The van der Waals surface area contributed by atoms with E-state index in [1.807, 2.05) is 12.1 Å². The molecule has 1 aliphatic heterocycles. The molecule has 0 aliphatic carbocycles. The van der Waals surface area contributed by atoms with E-state index in [1.165, 1.54) is 11.8 Å². The summed E-state index contributed by atoms with van der Waals surface area (Å²) in [6, 6.07) is 5.39. The first-order chi connectivity index (χ1) is 12.4. The van der Waals surface area contributed by atoms with Crippen LogP contribution in [0, 0.1) is 5.92 Å². The number of carbonyl (C=O) groups is 1. The SMILES string of the molecule is Nc1cccc(Sc2ncc(N3CCC(CNC(=O)O)C3)nc2N)c1Cl. The fraction of sp³-hybridized carbons (Fsp3) is 0.312. The Balaban J connectivity index is 1.68. The number of nitrogens with zero attached hydrogens (tertiary/aromatic N) is 3. The van der Waals surface area contributed by atoms with Gasteiger partial charge in [-0.15, -0.1) is 0 Å². The van der Waals surface area contributed by atoms with Crippen LogP contribution in [0.3, 0.4) is 0 Å². The Bertz CT molecular complexity index is 821. The van der Waals surface area contributed by atoms with Gasteiger partial charge in [0.2, 0.25) is 0 Å². The van der Waals surface area contributed by atoms with Crippen LogP contribution in [-0.2, 0) is 0 Å². The van der Waals surface area contributed by atoms with E-state index in [-0.39, 0.29) is 5.92 Å². The molecule has 1 aromatic heterocycles. The molecule has 1 fully saturated rings. The number of nitrogens with one attached hydrogen (secondary N) is 1. The van der Waals surface area contributed by atoms with E-state index < -0.39 is 6.09 Å². The molecule has 2 aromatic rings. The van der Waals surface area contributed by atoms with E-state index in [9.17, 15) is 4.79 Å². The molecule has 10 heteroatoms. The first-order valence-corrected chi connectivity index (χ1v) is 9.19. The van der Waals surface area contributed by atoms with Crippen LogP contribution >= 0.6 is 23.4 Å². The maximum Gasteiger partial charge on any atom is 0.404 e. The third-order valence-electron chi connectivity index (χ3n) is 4.10. The van der Waals surface area contributed by atoms with Gasteiger partial charge in [0.1, 0.15) is 10.8 Å². The second-order valence-corrected chi connectivity index (χ2v) is 7.38. The summed E-state index contributed by atoms with van der Waals surface area (Å²) in [4.78, 5) is 22.3. The first-order valence-electron chi connectivity index (χ1n) is 8.00. The summed E-state index contributed by atoms with van der Waals surface area (Å²) < 4.78 is 0. The van der Waals surface area contributed by atoms with Crippen molar-refractivity contribution in [2.45, 2.75) is 16.3 Å². The van der Waals surface area contributed by atoms with Gasteiger partial charge in [-0.1, -0.05) is 29.4 Å². The van der Waals surface area contributed by atoms with Gasteiger partial charge in [-0.2, -0.15) is 0 Å². The first kappa shape index (κ1) is 18.4. The Labute approximate surface area is 159 Å². The van der Waals surface area contributed by atoms with Crippen molar-refractivity contribution in [2.24, 2.45) is 5.92 Å². The molecule has 1 saturated heterocycles. The van der Waals surface area contributed by atoms with Crippen LogP contribution < -0.4 is 21.7 Å². The van der Waals surface area contributed by atoms with E-state index >= 15 is 0 Å². The second kappa shape index (κ2) is 7.88. The fourth-order valence-corrected chi connectivity index (χ4v) is 3.82. The second-order valence-electron chi connectivity index (χ2n) is 5.97. The maximum absolute atomic E-state index is 10.6. The zero-order chi connectivity index (χ0) is 18.7. The van der Waals surface area contributed by atoms with Crippen LogP contribution in [0.4, 0.5) is 22.1 Å². The number of hydrogen-bond donors (Lipinski definition) is 4. The molecular weight excluding hydrogens is 376 g/mol. The Morgan fingerprint density at radius 1 is 1.46 bits per heavy atom. The number of nitrogens with two attached hydrogens (primary N) is 2. The van der Waals surface area contributed by atoms with Gasteiger partial charge < -0.3 is 26.8 Å². The van der Waals surface area contributed by atoms with Crippen molar-refractivity contribution in [1.82, 2.24) is 15.3 Å². The molecule has 2 heterocycles. The molecule has 0 saturated carbocycles. The van der Waals surface area contributed by atoms with Crippen molar-refractivity contribution in [3.05, 3.63) is 29.4 Å². The lowest BCUT2D eigenvalue weighted by Crippen LogP contribution is -2.30. The number of halogens is 1. The quantitative estimate of drug-likeness (QED) is 0.569. The molecule has 8 nitrogen and oxygen atoms in total. The summed E-state index contributed by atoms with van der Waals surface area (Å²) in [5, 5.41) is 12.1. The van der Waals surface area contributed by atoms with E-state index in [0.29, 0.717) is 40.5 Å². The largest absolute Gasteiger partial charge is 0.465 e. The van der Waals surface area contributed by atoms with Crippen molar-refractivity contribution in [2.75, 3.05) is 36.0 Å². The van der Waals surface area contributed by atoms with Crippen molar-refractivity contribution in [1.29, 1.82) is 0 Å². The molecule has 0 spiro atoms. The summed E-state index contributed by atoms with van der Waals surface area (Å²) in [6.45, 7) is 1.92. The molecule has 0 radical (unpaired) electrons. The van der Waals surface area contributed by atoms with E-state index in [0.717, 1.165) is 17.9 Å². The van der Waals surface area contributed by atoms with Crippen molar-refractivity contribution in [3.63, 3.8) is 0 Å². The average Bonchev–Trinajstić information content (AvgIpc) is 3.08. The number of rotatable bonds is 5. The molecule has 6 N–H and O–H groups in total. The Kier molecular flexibility index (Phi) is 5.58. The number of carboxylic acid groups (broad SMARTS) is 1. The minimum Gasteiger partial charge on any atom is -0.465 e. The molecule has 3 rings (SSSR count). The molecule has 1 amide bonds. The summed E-state index contributed by atoms with van der Waals surface area (Å²) in [6.07, 6.45) is 1.55. The monoisotopic (exact) mass is 394 g/mol. The van der Waals surface area contributed by atoms with E-state index in [1.54, 1.807) is 12.3 Å². The van der Waals surface area contributed by atoms with Gasteiger partial charge in [0.25, 0.3) is 0 Å². The smallest absolute Gasteiger partial charge is 0.404 e. The lowest BCUT2D eigenvalue weighted by atomic mass is 10.1. The highest BCUT2D eigenvalue weighted by atomic mass is 35.5. The molecule has 1 atom stereocenters. The van der Waals surface area contributed by atoms with Crippen LogP contribution in [0.15, 0.2) is 34.3 Å². The minimum absolute atomic E-state index is 0.245. The highest BCUT2D eigenvalue weighted by molar-refractivity contribution is 7.99. The summed E-state index contributed by atoms with van der Waals surface area (Å²) in [7, 11) is 0. The predicted octanol–water partition coefficient (Wildman–Crippen LogP) is 2.54. The number of aromatic nitrogens is 2. The van der Waals surface area contributed by atoms with E-state index in [2.05, 4.69) is 20.2 Å². The third kappa shape index (κ3) is 4.23. The molecule has 26 heavy (non-hydrogen) atoms. The van der Waals surface area contributed by atoms with Gasteiger partial charge in [0, 0.05) is 24.5 Å². The van der Waals surface area contributed by atoms with Gasteiger partial charge in [0.05, 0.1) is 16.9 Å². The summed E-state index contributed by atoms with van der Waals surface area (Å²) in [5.74, 6) is 1.25. The number of hydrogen-bond acceptors (Lipinski definition) is 7. The number of amides is 1. The summed E-state index contributed by atoms with van der Waals surface area (Å²) >= 11 is 7.52. The molecule has 1 unspecified atom stereocenters. The zero-order valence-corrected chi connectivity index (χ0v) is 15.4. The molecule has 138 valence electrons. The lowest BCUT2D eigenvalue weighted by Gasteiger charge is -2.18. The predicted molar refractivity (Wildman–Crippen MR) is 103 cm³/mol. The fourth-order valence-electron chi connectivity index (χ4n) is 2.76. The van der Waals surface area contributed by atoms with Gasteiger partial charge in [-0.05, 0) is 24.5 Å². The van der Waals surface area contributed by atoms with Gasteiger partial charge in [-0.25, -0.2) is 14.8 Å². The molecule has 1 aromatic carbocycles. The number of benzene rings is 1. The van der Waals surface area contributed by atoms with E-state index in [4.69, 9.17) is 28.2 Å². The highest BCUT2D eigenvalue weighted by Crippen LogP contribution is 2.37. The van der Waals surface area contributed by atoms with Crippen LogP contribution in [0.5, 0.6) is 0 Å². The van der Waals surface area contributed by atoms with Gasteiger partial charge >= 0.3 is 6.09 Å². The van der Waals surface area contributed by atoms with Crippen LogP contribution in [0.25, 0.3) is 0 Å².